The van der Waals surface area contributed by atoms with Gasteiger partial charge in [-0.1, -0.05) is 115 Å². The molecule has 67 heavy (non-hydrogen) atoms. The fourth-order valence-corrected chi connectivity index (χ4v) is 8.53. The number of aromatic nitrogens is 4. The van der Waals surface area contributed by atoms with Gasteiger partial charge in [0, 0.05) is 33.2 Å². The first-order valence-electron chi connectivity index (χ1n) is 20.8. The molecular weight excluding hydrogens is 842 g/mol. The molecule has 0 aliphatic heterocycles. The molecular formula is C56H29F3N8. The van der Waals surface area contributed by atoms with Crippen LogP contribution in [0.4, 0.5) is 13.2 Å². The molecule has 2 aromatic heterocycles. The van der Waals surface area contributed by atoms with E-state index in [1.54, 1.807) is 42.5 Å². The molecule has 0 fully saturated rings. The van der Waals surface area contributed by atoms with E-state index in [1.165, 1.54) is 24.3 Å². The van der Waals surface area contributed by atoms with Crippen LogP contribution in [0.3, 0.4) is 0 Å². The largest absolute Gasteiger partial charge is 0.417 e. The van der Waals surface area contributed by atoms with Crippen LogP contribution in [-0.4, -0.2) is 19.5 Å². The van der Waals surface area contributed by atoms with E-state index in [4.69, 9.17) is 15.0 Å². The normalized spacial score (nSPS) is 11.1. The summed E-state index contributed by atoms with van der Waals surface area (Å²) in [5.41, 5.74) is 6.57. The van der Waals surface area contributed by atoms with Crippen LogP contribution in [0.2, 0.25) is 0 Å². The molecule has 0 aliphatic rings. The zero-order valence-electron chi connectivity index (χ0n) is 35.0. The summed E-state index contributed by atoms with van der Waals surface area (Å²) in [4.78, 5) is 14.6. The van der Waals surface area contributed by atoms with Crippen molar-refractivity contribution in [3.8, 4) is 97.5 Å². The third kappa shape index (κ3) is 7.55. The molecule has 0 bridgehead atoms. The highest BCUT2D eigenvalue weighted by atomic mass is 19.4. The van der Waals surface area contributed by atoms with E-state index in [9.17, 15) is 21.0 Å². The number of rotatable bonds is 7. The molecule has 10 rings (SSSR count). The van der Waals surface area contributed by atoms with Gasteiger partial charge in [-0.25, -0.2) is 15.0 Å². The van der Waals surface area contributed by atoms with Crippen molar-refractivity contribution in [3.63, 3.8) is 0 Å². The Balaban J connectivity index is 1.29. The van der Waals surface area contributed by atoms with Gasteiger partial charge in [0.1, 0.15) is 0 Å². The molecule has 0 spiro atoms. The number of alkyl halides is 3. The van der Waals surface area contributed by atoms with Crippen molar-refractivity contribution < 1.29 is 13.2 Å². The van der Waals surface area contributed by atoms with E-state index in [0.29, 0.717) is 89.6 Å². The molecule has 8 aromatic carbocycles. The molecule has 0 aliphatic carbocycles. The molecule has 0 unspecified atom stereocenters. The SMILES string of the molecule is N#Cc1ccc(-c2ccc3c4ccc(-c5ccc(C#N)cc5C#N)cc4n(-c4ccc(-c5nc(-c6ccccc6)nc(-c6ccccc6)n5)c(-c5ccccc5C(F)(F)F)c4)c3c2)c(C#N)c1. The topological polar surface area (TPSA) is 139 Å². The van der Waals surface area contributed by atoms with Crippen LogP contribution in [-0.2, 0) is 6.18 Å². The van der Waals surface area contributed by atoms with Crippen LogP contribution in [0.25, 0.3) is 95.0 Å². The Labute approximate surface area is 381 Å². The molecule has 0 N–H and O–H groups in total. The Hall–Kier alpha value is -9.68. The first-order valence-corrected chi connectivity index (χ1v) is 20.8. The Morgan fingerprint density at radius 1 is 0.388 bits per heavy atom. The maximum Gasteiger partial charge on any atom is 0.417 e. The molecule has 0 atom stereocenters. The van der Waals surface area contributed by atoms with Gasteiger partial charge < -0.3 is 4.57 Å². The second-order valence-electron chi connectivity index (χ2n) is 15.6. The Morgan fingerprint density at radius 2 is 0.866 bits per heavy atom. The van der Waals surface area contributed by atoms with Crippen molar-refractivity contribution >= 4 is 21.8 Å². The molecule has 0 saturated heterocycles. The van der Waals surface area contributed by atoms with E-state index >= 15 is 13.2 Å². The van der Waals surface area contributed by atoms with Gasteiger partial charge in [0.2, 0.25) is 0 Å². The lowest BCUT2D eigenvalue weighted by Crippen LogP contribution is -2.08. The predicted molar refractivity (Wildman–Crippen MR) is 251 cm³/mol. The highest BCUT2D eigenvalue weighted by Gasteiger charge is 2.34. The molecule has 11 heteroatoms. The summed E-state index contributed by atoms with van der Waals surface area (Å²) in [5, 5.41) is 41.1. The number of hydrogen-bond acceptors (Lipinski definition) is 7. The Bertz CT molecular complexity index is 3600. The van der Waals surface area contributed by atoms with Crippen LogP contribution < -0.4 is 0 Å². The fourth-order valence-electron chi connectivity index (χ4n) is 8.53. The van der Waals surface area contributed by atoms with Gasteiger partial charge in [-0.05, 0) is 94.0 Å². The lowest BCUT2D eigenvalue weighted by Gasteiger charge is -2.18. The number of fused-ring (bicyclic) bond motifs is 3. The van der Waals surface area contributed by atoms with Gasteiger partial charge in [0.25, 0.3) is 0 Å². The third-order valence-electron chi connectivity index (χ3n) is 11.7. The second-order valence-corrected chi connectivity index (χ2v) is 15.6. The summed E-state index contributed by atoms with van der Waals surface area (Å²) in [6.45, 7) is 0. The minimum Gasteiger partial charge on any atom is -0.309 e. The maximum atomic E-state index is 15.1. The quantitative estimate of drug-likeness (QED) is 0.155. The van der Waals surface area contributed by atoms with Crippen LogP contribution in [0.15, 0.2) is 176 Å². The lowest BCUT2D eigenvalue weighted by atomic mass is 9.93. The van der Waals surface area contributed by atoms with E-state index < -0.39 is 11.7 Å². The van der Waals surface area contributed by atoms with E-state index in [2.05, 4.69) is 24.3 Å². The van der Waals surface area contributed by atoms with Crippen LogP contribution in [0.5, 0.6) is 0 Å². The highest BCUT2D eigenvalue weighted by Crippen LogP contribution is 2.44. The third-order valence-corrected chi connectivity index (χ3v) is 11.7. The van der Waals surface area contributed by atoms with Crippen molar-refractivity contribution in [1.29, 1.82) is 21.0 Å². The highest BCUT2D eigenvalue weighted by molar-refractivity contribution is 6.11. The van der Waals surface area contributed by atoms with Crippen molar-refractivity contribution in [2.75, 3.05) is 0 Å². The summed E-state index contributed by atoms with van der Waals surface area (Å²) in [5.74, 6) is 0.836. The summed E-state index contributed by atoms with van der Waals surface area (Å²) in [7, 11) is 0. The Morgan fingerprint density at radius 3 is 1.36 bits per heavy atom. The predicted octanol–water partition coefficient (Wildman–Crippen LogP) is 13.5. The standard InChI is InChI=1S/C56H29F3N8/c57-56(58,59)50-14-8-7-13-45(50)49-29-42(19-24-48(49)55-65-53(36-9-3-1-4-10-36)64-54(66-55)37-11-5-2-6-12-37)67-51-27-38(43-20-15-34(30-60)25-40(43)32-62)17-22-46(51)47-23-18-39(28-52(47)67)44-21-16-35(31-61)26-41(44)33-63/h1-29H. The van der Waals surface area contributed by atoms with Crippen molar-refractivity contribution in [2.24, 2.45) is 0 Å². The summed E-state index contributed by atoms with van der Waals surface area (Å²) < 4.78 is 47.3. The minimum absolute atomic E-state index is 0.0931. The molecule has 0 radical (unpaired) electrons. The van der Waals surface area contributed by atoms with Gasteiger partial charge in [0.15, 0.2) is 17.5 Å². The first kappa shape index (κ1) is 41.3. The summed E-state index contributed by atoms with van der Waals surface area (Å²) >= 11 is 0. The van der Waals surface area contributed by atoms with E-state index in [0.717, 1.165) is 16.8 Å². The van der Waals surface area contributed by atoms with Gasteiger partial charge in [-0.15, -0.1) is 0 Å². The fraction of sp³-hybridized carbons (Fsp3) is 0.0179. The monoisotopic (exact) mass is 870 g/mol. The molecule has 10 aromatic rings. The average Bonchev–Trinajstić information content (AvgIpc) is 3.71. The molecule has 8 nitrogen and oxygen atoms in total. The van der Waals surface area contributed by atoms with Gasteiger partial charge >= 0.3 is 6.18 Å². The maximum absolute atomic E-state index is 15.1. The summed E-state index contributed by atoms with van der Waals surface area (Å²) in [6.07, 6.45) is -4.73. The number of benzene rings is 8. The summed E-state index contributed by atoms with van der Waals surface area (Å²) in [6, 6.07) is 59.1. The van der Waals surface area contributed by atoms with Crippen molar-refractivity contribution in [3.05, 3.63) is 204 Å². The average molecular weight is 871 g/mol. The van der Waals surface area contributed by atoms with E-state index in [1.807, 2.05) is 108 Å². The number of nitriles is 4. The van der Waals surface area contributed by atoms with Gasteiger partial charge in [0.05, 0.1) is 63.1 Å². The molecule has 0 saturated carbocycles. The smallest absolute Gasteiger partial charge is 0.309 e. The van der Waals surface area contributed by atoms with Crippen LogP contribution in [0.1, 0.15) is 27.8 Å². The van der Waals surface area contributed by atoms with Crippen molar-refractivity contribution in [2.45, 2.75) is 6.18 Å². The van der Waals surface area contributed by atoms with E-state index in [-0.39, 0.29) is 17.0 Å². The zero-order chi connectivity index (χ0) is 46.2. The first-order chi connectivity index (χ1) is 32.6. The second kappa shape index (κ2) is 16.8. The zero-order valence-corrected chi connectivity index (χ0v) is 35.0. The Kier molecular flexibility index (Phi) is 10.4. The van der Waals surface area contributed by atoms with Gasteiger partial charge in [-0.2, -0.15) is 34.2 Å². The number of nitrogens with zero attached hydrogens (tertiary/aromatic N) is 8. The number of hydrogen-bond donors (Lipinski definition) is 0. The van der Waals surface area contributed by atoms with Crippen LogP contribution in [0, 0.1) is 45.3 Å². The molecule has 2 heterocycles. The minimum atomic E-state index is -4.73. The number of halogens is 3. The van der Waals surface area contributed by atoms with Crippen molar-refractivity contribution in [1.82, 2.24) is 19.5 Å². The van der Waals surface area contributed by atoms with Gasteiger partial charge in [-0.3, -0.25) is 0 Å². The van der Waals surface area contributed by atoms with Crippen LogP contribution >= 0.6 is 0 Å². The lowest BCUT2D eigenvalue weighted by molar-refractivity contribution is -0.137. The molecule has 314 valence electrons. The molecule has 0 amide bonds.